The van der Waals surface area contributed by atoms with Gasteiger partial charge in [-0.2, -0.15) is 0 Å². The van der Waals surface area contributed by atoms with Crippen molar-refractivity contribution in [1.29, 1.82) is 0 Å². The van der Waals surface area contributed by atoms with E-state index in [1.807, 2.05) is 24.4 Å². The molecule has 1 heterocycles. The predicted molar refractivity (Wildman–Crippen MR) is 99.9 cm³/mol. The summed E-state index contributed by atoms with van der Waals surface area (Å²) in [5, 5.41) is 3.30. The fourth-order valence-electron chi connectivity index (χ4n) is 2.70. The first-order valence-electron chi connectivity index (χ1n) is 8.89. The molecule has 0 spiro atoms. The van der Waals surface area contributed by atoms with E-state index in [1.165, 1.54) is 12.8 Å². The molecule has 1 aliphatic rings. The minimum absolute atomic E-state index is 0.149. The zero-order valence-electron chi connectivity index (χ0n) is 15.5. The fourth-order valence-corrected chi connectivity index (χ4v) is 2.70. The molecule has 1 unspecified atom stereocenters. The lowest BCUT2D eigenvalue weighted by Crippen LogP contribution is -2.29. The van der Waals surface area contributed by atoms with Crippen LogP contribution in [-0.2, 0) is 4.74 Å². The number of nitrogens with one attached hydrogen (secondary N) is 1. The van der Waals surface area contributed by atoms with Crippen LogP contribution in [0.3, 0.4) is 0 Å². The molecule has 0 saturated carbocycles. The van der Waals surface area contributed by atoms with Crippen LogP contribution in [0, 0.1) is 12.3 Å². The smallest absolute Gasteiger partial charge is 0.119 e. The van der Waals surface area contributed by atoms with Crippen LogP contribution < -0.4 is 15.8 Å². The zero-order valence-corrected chi connectivity index (χ0v) is 15.5. The first-order chi connectivity index (χ1) is 11.3. The summed E-state index contributed by atoms with van der Waals surface area (Å²) in [7, 11) is 0. The Labute approximate surface area is 146 Å². The lowest BCUT2D eigenvalue weighted by Gasteiger charge is -2.22. The second kappa shape index (κ2) is 8.43. The summed E-state index contributed by atoms with van der Waals surface area (Å²) >= 11 is 0. The van der Waals surface area contributed by atoms with Crippen LogP contribution in [0.5, 0.6) is 5.75 Å². The molecular formula is C20H32N2O2. The minimum Gasteiger partial charge on any atom is -0.493 e. The molecule has 134 valence electrons. The van der Waals surface area contributed by atoms with Crippen LogP contribution in [0.2, 0.25) is 0 Å². The van der Waals surface area contributed by atoms with Crippen molar-refractivity contribution < 1.29 is 9.47 Å². The minimum atomic E-state index is 0.149. The highest BCUT2D eigenvalue weighted by molar-refractivity contribution is 5.66. The average Bonchev–Trinajstić information content (AvgIpc) is 2.53. The third-order valence-corrected chi connectivity index (χ3v) is 4.06. The number of hydrogen-bond acceptors (Lipinski definition) is 4. The van der Waals surface area contributed by atoms with Gasteiger partial charge in [0.2, 0.25) is 0 Å². The Morgan fingerprint density at radius 2 is 2.17 bits per heavy atom. The van der Waals surface area contributed by atoms with Gasteiger partial charge >= 0.3 is 0 Å². The van der Waals surface area contributed by atoms with Crippen molar-refractivity contribution in [2.24, 2.45) is 11.1 Å². The van der Waals surface area contributed by atoms with Gasteiger partial charge in [-0.05, 0) is 55.4 Å². The number of benzene rings is 1. The molecule has 1 aromatic rings. The van der Waals surface area contributed by atoms with E-state index in [1.54, 1.807) is 0 Å². The standard InChI is InChI=1S/C20H32N2O2/c1-15-11-16(24-14-20(2,3)4)8-9-18(15)19(21)13-22-12-17-7-5-6-10-23-17/h8-9,11,13,17,22H,5-7,10,12,14,21H2,1-4H3/b19-13-. The van der Waals surface area contributed by atoms with Gasteiger partial charge in [-0.3, -0.25) is 0 Å². The van der Waals surface area contributed by atoms with Crippen LogP contribution in [0.4, 0.5) is 0 Å². The molecule has 0 aromatic heterocycles. The number of rotatable bonds is 6. The molecule has 4 nitrogen and oxygen atoms in total. The van der Waals surface area contributed by atoms with Crippen molar-refractivity contribution in [3.8, 4) is 5.75 Å². The maximum atomic E-state index is 6.22. The first-order valence-corrected chi connectivity index (χ1v) is 8.89. The number of nitrogens with two attached hydrogens (primary N) is 1. The van der Waals surface area contributed by atoms with Crippen molar-refractivity contribution in [2.45, 2.75) is 53.1 Å². The molecule has 1 aromatic carbocycles. The largest absolute Gasteiger partial charge is 0.493 e. The van der Waals surface area contributed by atoms with Gasteiger partial charge in [0, 0.05) is 24.9 Å². The Hall–Kier alpha value is -1.68. The van der Waals surface area contributed by atoms with Crippen LogP contribution >= 0.6 is 0 Å². The summed E-state index contributed by atoms with van der Waals surface area (Å²) in [4.78, 5) is 0. The SMILES string of the molecule is Cc1cc(OCC(C)(C)C)ccc1/C(N)=C/NCC1CCCCO1. The average molecular weight is 332 g/mol. The molecule has 4 heteroatoms. The summed E-state index contributed by atoms with van der Waals surface area (Å²) in [6.45, 7) is 10.9. The van der Waals surface area contributed by atoms with Crippen molar-refractivity contribution in [3.05, 3.63) is 35.5 Å². The maximum Gasteiger partial charge on any atom is 0.119 e. The van der Waals surface area contributed by atoms with Crippen molar-refractivity contribution in [1.82, 2.24) is 5.32 Å². The third kappa shape index (κ3) is 6.08. The van der Waals surface area contributed by atoms with Gasteiger partial charge in [-0.15, -0.1) is 0 Å². The lowest BCUT2D eigenvalue weighted by atomic mass is 9.98. The highest BCUT2D eigenvalue weighted by atomic mass is 16.5. The Morgan fingerprint density at radius 1 is 1.38 bits per heavy atom. The Bertz CT molecular complexity index is 555. The Kier molecular flexibility index (Phi) is 6.55. The quantitative estimate of drug-likeness (QED) is 0.831. The van der Waals surface area contributed by atoms with Gasteiger partial charge < -0.3 is 20.5 Å². The van der Waals surface area contributed by atoms with E-state index in [0.29, 0.717) is 12.7 Å². The zero-order chi connectivity index (χ0) is 17.6. The van der Waals surface area contributed by atoms with Crippen molar-refractivity contribution >= 4 is 5.70 Å². The van der Waals surface area contributed by atoms with Crippen LogP contribution in [-0.4, -0.2) is 25.9 Å². The number of ether oxygens (including phenoxy) is 2. The third-order valence-electron chi connectivity index (χ3n) is 4.06. The van der Waals surface area contributed by atoms with E-state index < -0.39 is 0 Å². The summed E-state index contributed by atoms with van der Waals surface area (Å²) in [5.41, 5.74) is 9.27. The first kappa shape index (κ1) is 18.7. The molecule has 2 rings (SSSR count). The van der Waals surface area contributed by atoms with Gasteiger partial charge in [0.1, 0.15) is 5.75 Å². The predicted octanol–water partition coefficient (Wildman–Crippen LogP) is 3.84. The summed E-state index contributed by atoms with van der Waals surface area (Å²) in [6, 6.07) is 6.06. The summed E-state index contributed by atoms with van der Waals surface area (Å²) < 4.78 is 11.6. The molecule has 1 fully saturated rings. The summed E-state index contributed by atoms with van der Waals surface area (Å²) in [5.74, 6) is 0.891. The molecule has 1 saturated heterocycles. The van der Waals surface area contributed by atoms with Crippen molar-refractivity contribution in [2.75, 3.05) is 19.8 Å². The highest BCUT2D eigenvalue weighted by Crippen LogP contribution is 2.23. The van der Waals surface area contributed by atoms with E-state index >= 15 is 0 Å². The fraction of sp³-hybridized carbons (Fsp3) is 0.600. The Morgan fingerprint density at radius 3 is 2.79 bits per heavy atom. The number of aryl methyl sites for hydroxylation is 1. The molecule has 0 amide bonds. The topological polar surface area (TPSA) is 56.5 Å². The molecule has 0 bridgehead atoms. The lowest BCUT2D eigenvalue weighted by molar-refractivity contribution is 0.0188. The van der Waals surface area contributed by atoms with Gasteiger partial charge in [0.15, 0.2) is 0 Å². The van der Waals surface area contributed by atoms with Crippen molar-refractivity contribution in [3.63, 3.8) is 0 Å². The highest BCUT2D eigenvalue weighted by Gasteiger charge is 2.13. The van der Waals surface area contributed by atoms with Gasteiger partial charge in [0.05, 0.1) is 18.4 Å². The monoisotopic (exact) mass is 332 g/mol. The van der Waals surface area contributed by atoms with E-state index in [2.05, 4.69) is 33.0 Å². The second-order valence-electron chi connectivity index (χ2n) is 7.82. The number of hydrogen-bond donors (Lipinski definition) is 2. The van der Waals surface area contributed by atoms with Crippen LogP contribution in [0.25, 0.3) is 5.70 Å². The molecule has 1 atom stereocenters. The van der Waals surface area contributed by atoms with Crippen LogP contribution in [0.15, 0.2) is 24.4 Å². The molecular weight excluding hydrogens is 300 g/mol. The normalized spacial score (nSPS) is 19.2. The van der Waals surface area contributed by atoms with Gasteiger partial charge in [0.25, 0.3) is 0 Å². The molecule has 0 aliphatic carbocycles. The molecule has 24 heavy (non-hydrogen) atoms. The molecule has 0 radical (unpaired) electrons. The van der Waals surface area contributed by atoms with Gasteiger partial charge in [-0.1, -0.05) is 20.8 Å². The van der Waals surface area contributed by atoms with E-state index in [4.69, 9.17) is 15.2 Å². The molecule has 3 N–H and O–H groups in total. The Balaban J connectivity index is 1.91. The maximum absolute atomic E-state index is 6.22. The molecule has 1 aliphatic heterocycles. The van der Waals surface area contributed by atoms with Crippen LogP contribution in [0.1, 0.15) is 51.2 Å². The summed E-state index contributed by atoms with van der Waals surface area (Å²) in [6.07, 6.45) is 5.74. The van der Waals surface area contributed by atoms with Gasteiger partial charge in [-0.25, -0.2) is 0 Å². The second-order valence-corrected chi connectivity index (χ2v) is 7.82. The van der Waals surface area contributed by atoms with E-state index in [-0.39, 0.29) is 5.41 Å². The van der Waals surface area contributed by atoms with E-state index in [9.17, 15) is 0 Å². The van der Waals surface area contributed by atoms with E-state index in [0.717, 1.165) is 42.1 Å².